The summed E-state index contributed by atoms with van der Waals surface area (Å²) in [4.78, 5) is 11.3. The number of methoxy groups -OCH3 is 1. The fourth-order valence-corrected chi connectivity index (χ4v) is 3.96. The maximum absolute atomic E-state index is 13.4. The molecular weight excluding hydrogens is 299 g/mol. The smallest absolute Gasteiger partial charge is 0.339 e. The molecule has 1 atom stereocenters. The molecule has 116 valence electrons. The number of hydrogen-bond donors (Lipinski definition) is 1. The molecule has 1 aliphatic heterocycles. The molecule has 0 aliphatic carbocycles. The Hall–Kier alpha value is -1.51. The lowest BCUT2D eigenvalue weighted by molar-refractivity contribution is 0.0596. The van der Waals surface area contributed by atoms with Crippen LogP contribution in [0.15, 0.2) is 23.1 Å². The molecule has 1 aromatic carbocycles. The minimum Gasteiger partial charge on any atom is -0.465 e. The van der Waals surface area contributed by atoms with E-state index in [1.165, 1.54) is 4.31 Å². The van der Waals surface area contributed by atoms with Gasteiger partial charge in [0.1, 0.15) is 5.82 Å². The van der Waals surface area contributed by atoms with Gasteiger partial charge >= 0.3 is 5.97 Å². The van der Waals surface area contributed by atoms with Gasteiger partial charge in [-0.2, -0.15) is 4.31 Å². The second-order valence-electron chi connectivity index (χ2n) is 4.85. The Morgan fingerprint density at radius 3 is 2.81 bits per heavy atom. The second kappa shape index (κ2) is 6.08. The van der Waals surface area contributed by atoms with Crippen LogP contribution in [0, 0.1) is 5.82 Å². The number of hydrogen-bond acceptors (Lipinski definition) is 5. The van der Waals surface area contributed by atoms with Crippen molar-refractivity contribution in [1.82, 2.24) is 9.62 Å². The van der Waals surface area contributed by atoms with Crippen LogP contribution in [0.1, 0.15) is 17.3 Å². The average molecular weight is 316 g/mol. The molecule has 0 bridgehead atoms. The molecule has 1 unspecified atom stereocenters. The van der Waals surface area contributed by atoms with Crippen LogP contribution >= 0.6 is 0 Å². The summed E-state index contributed by atoms with van der Waals surface area (Å²) < 4.78 is 44.6. The maximum atomic E-state index is 13.4. The standard InChI is InChI=1S/C13H17FN2O4S/c1-9-8-16(6-5-15-9)21(18,19)12-7-10(14)3-4-11(12)13(17)20-2/h3-4,7,9,15H,5-6,8H2,1-2H3. The molecular formula is C13H17FN2O4S. The summed E-state index contributed by atoms with van der Waals surface area (Å²) in [7, 11) is -2.80. The third-order valence-corrected chi connectivity index (χ3v) is 5.20. The molecule has 6 nitrogen and oxygen atoms in total. The summed E-state index contributed by atoms with van der Waals surface area (Å²) in [6, 6.07) is 3.00. The van der Waals surface area contributed by atoms with E-state index in [1.807, 2.05) is 6.92 Å². The predicted molar refractivity (Wildman–Crippen MR) is 74.0 cm³/mol. The first-order chi connectivity index (χ1) is 9.86. The van der Waals surface area contributed by atoms with Crippen molar-refractivity contribution in [3.05, 3.63) is 29.6 Å². The highest BCUT2D eigenvalue weighted by atomic mass is 32.2. The van der Waals surface area contributed by atoms with Gasteiger partial charge < -0.3 is 10.1 Å². The number of ether oxygens (including phenoxy) is 1. The van der Waals surface area contributed by atoms with Crippen molar-refractivity contribution in [3.63, 3.8) is 0 Å². The van der Waals surface area contributed by atoms with Gasteiger partial charge in [-0.05, 0) is 25.1 Å². The molecule has 0 amide bonds. The third-order valence-electron chi connectivity index (χ3n) is 3.30. The van der Waals surface area contributed by atoms with Gasteiger partial charge in [0, 0.05) is 25.7 Å². The van der Waals surface area contributed by atoms with Gasteiger partial charge in [0.05, 0.1) is 17.6 Å². The molecule has 1 fully saturated rings. The van der Waals surface area contributed by atoms with Gasteiger partial charge in [-0.25, -0.2) is 17.6 Å². The topological polar surface area (TPSA) is 75.7 Å². The number of esters is 1. The maximum Gasteiger partial charge on any atom is 0.339 e. The fraction of sp³-hybridized carbons (Fsp3) is 0.462. The Labute approximate surface area is 122 Å². The van der Waals surface area contributed by atoms with E-state index in [-0.39, 0.29) is 29.6 Å². The number of nitrogens with one attached hydrogen (secondary N) is 1. The molecule has 1 aromatic rings. The van der Waals surface area contributed by atoms with E-state index >= 15 is 0 Å². The zero-order chi connectivity index (χ0) is 15.6. The molecule has 2 rings (SSSR count). The van der Waals surface area contributed by atoms with Crippen LogP contribution in [0.3, 0.4) is 0 Å². The predicted octanol–water partition coefficient (Wildman–Crippen LogP) is 0.595. The Balaban J connectivity index is 2.48. The molecule has 1 saturated heterocycles. The Morgan fingerprint density at radius 1 is 1.48 bits per heavy atom. The van der Waals surface area contributed by atoms with Crippen molar-refractivity contribution in [1.29, 1.82) is 0 Å². The van der Waals surface area contributed by atoms with Crippen molar-refractivity contribution in [2.24, 2.45) is 0 Å². The molecule has 1 N–H and O–H groups in total. The van der Waals surface area contributed by atoms with Gasteiger partial charge in [0.15, 0.2) is 0 Å². The molecule has 1 aliphatic rings. The van der Waals surface area contributed by atoms with Crippen LogP contribution in [0.2, 0.25) is 0 Å². The summed E-state index contributed by atoms with van der Waals surface area (Å²) in [5.41, 5.74) is -0.162. The molecule has 8 heteroatoms. The van der Waals surface area contributed by atoms with Crippen LogP contribution in [-0.4, -0.2) is 51.5 Å². The van der Waals surface area contributed by atoms with Gasteiger partial charge in [0.25, 0.3) is 0 Å². The minimum atomic E-state index is -3.95. The monoisotopic (exact) mass is 316 g/mol. The summed E-state index contributed by atoms with van der Waals surface area (Å²) in [6.07, 6.45) is 0. The number of carbonyl (C=O) groups is 1. The van der Waals surface area contributed by atoms with Gasteiger partial charge in [-0.1, -0.05) is 0 Å². The quantitative estimate of drug-likeness (QED) is 0.826. The van der Waals surface area contributed by atoms with E-state index < -0.39 is 21.8 Å². The number of sulfonamides is 1. The largest absolute Gasteiger partial charge is 0.465 e. The van der Waals surface area contributed by atoms with Crippen LogP contribution in [0.4, 0.5) is 4.39 Å². The van der Waals surface area contributed by atoms with Crippen molar-refractivity contribution in [2.45, 2.75) is 17.9 Å². The number of nitrogens with zero attached hydrogens (tertiary/aromatic N) is 1. The lowest BCUT2D eigenvalue weighted by Gasteiger charge is -2.31. The normalized spacial score (nSPS) is 20.2. The summed E-state index contributed by atoms with van der Waals surface area (Å²) in [6.45, 7) is 2.89. The van der Waals surface area contributed by atoms with E-state index in [1.54, 1.807) is 0 Å². The SMILES string of the molecule is COC(=O)c1ccc(F)cc1S(=O)(=O)N1CCNC(C)C1. The molecule has 21 heavy (non-hydrogen) atoms. The number of rotatable bonds is 3. The highest BCUT2D eigenvalue weighted by molar-refractivity contribution is 7.89. The van der Waals surface area contributed by atoms with Crippen LogP contribution in [-0.2, 0) is 14.8 Å². The Morgan fingerprint density at radius 2 is 2.19 bits per heavy atom. The molecule has 0 aromatic heterocycles. The zero-order valence-electron chi connectivity index (χ0n) is 11.8. The van der Waals surface area contributed by atoms with Gasteiger partial charge in [0.2, 0.25) is 10.0 Å². The third kappa shape index (κ3) is 3.22. The number of benzene rings is 1. The summed E-state index contributed by atoms with van der Waals surface area (Å²) >= 11 is 0. The zero-order valence-corrected chi connectivity index (χ0v) is 12.6. The van der Waals surface area contributed by atoms with E-state index in [0.29, 0.717) is 6.54 Å². The number of halogens is 1. The van der Waals surface area contributed by atoms with E-state index in [0.717, 1.165) is 25.3 Å². The van der Waals surface area contributed by atoms with Crippen molar-refractivity contribution >= 4 is 16.0 Å². The fourth-order valence-electron chi connectivity index (χ4n) is 2.24. The number of piperazine rings is 1. The lowest BCUT2D eigenvalue weighted by Crippen LogP contribution is -2.51. The van der Waals surface area contributed by atoms with Crippen LogP contribution < -0.4 is 5.32 Å². The minimum absolute atomic E-state index is 0.0105. The number of carbonyl (C=O) groups excluding carboxylic acids is 1. The summed E-state index contributed by atoms with van der Waals surface area (Å²) in [5.74, 6) is -1.53. The van der Waals surface area contributed by atoms with E-state index in [9.17, 15) is 17.6 Å². The highest BCUT2D eigenvalue weighted by Crippen LogP contribution is 2.23. The van der Waals surface area contributed by atoms with Gasteiger partial charge in [-0.15, -0.1) is 0 Å². The van der Waals surface area contributed by atoms with Crippen LogP contribution in [0.5, 0.6) is 0 Å². The Bertz CT molecular complexity index is 648. The van der Waals surface area contributed by atoms with Crippen molar-refractivity contribution in [2.75, 3.05) is 26.7 Å². The average Bonchev–Trinajstić information content (AvgIpc) is 2.46. The molecule has 0 radical (unpaired) electrons. The van der Waals surface area contributed by atoms with Crippen molar-refractivity contribution in [3.8, 4) is 0 Å². The first-order valence-electron chi connectivity index (χ1n) is 6.47. The first-order valence-corrected chi connectivity index (χ1v) is 7.91. The van der Waals surface area contributed by atoms with Crippen molar-refractivity contribution < 1.29 is 22.3 Å². The molecule has 1 heterocycles. The lowest BCUT2D eigenvalue weighted by atomic mass is 10.2. The summed E-state index contributed by atoms with van der Waals surface area (Å²) in [5, 5.41) is 3.12. The highest BCUT2D eigenvalue weighted by Gasteiger charge is 2.32. The van der Waals surface area contributed by atoms with E-state index in [4.69, 9.17) is 0 Å². The molecule has 0 spiro atoms. The van der Waals surface area contributed by atoms with Gasteiger partial charge in [-0.3, -0.25) is 0 Å². The second-order valence-corrected chi connectivity index (χ2v) is 6.76. The Kier molecular flexibility index (Phi) is 4.60. The van der Waals surface area contributed by atoms with Crippen LogP contribution in [0.25, 0.3) is 0 Å². The molecule has 0 saturated carbocycles. The van der Waals surface area contributed by atoms with E-state index in [2.05, 4.69) is 10.1 Å². The first kappa shape index (κ1) is 15.9.